The minimum absolute atomic E-state index is 0.130. The molecule has 0 saturated heterocycles. The smallest absolute Gasteiger partial charge is 0.192 e. The van der Waals surface area contributed by atoms with E-state index in [2.05, 4.69) is 60.1 Å². The molecule has 0 bridgehead atoms. The molecule has 0 fully saturated rings. The Morgan fingerprint density at radius 1 is 1.32 bits per heavy atom. The third-order valence-electron chi connectivity index (χ3n) is 4.14. The Balaban J connectivity index is 2.26. The van der Waals surface area contributed by atoms with Crippen molar-refractivity contribution in [2.45, 2.75) is 45.5 Å². The van der Waals surface area contributed by atoms with Crippen LogP contribution in [-0.4, -0.2) is 23.3 Å². The fourth-order valence-electron chi connectivity index (χ4n) is 1.68. The predicted octanol–water partition coefficient (Wildman–Crippen LogP) is 4.69. The Labute approximate surface area is 139 Å². The fraction of sp³-hybridized carbons (Fsp3) is 0.467. The Hall–Kier alpha value is -1.05. The summed E-state index contributed by atoms with van der Waals surface area (Å²) < 4.78 is 22.1. The third kappa shape index (κ3) is 3.64. The van der Waals surface area contributed by atoms with Crippen molar-refractivity contribution in [1.82, 2.24) is 15.0 Å². The highest BCUT2D eigenvalue weighted by atomic mass is 79.9. The number of benzene rings is 1. The second kappa shape index (κ2) is 6.21. The Morgan fingerprint density at radius 2 is 2.00 bits per heavy atom. The zero-order valence-corrected chi connectivity index (χ0v) is 16.1. The third-order valence-corrected chi connectivity index (χ3v) is 9.29. The number of halogens is 2. The molecule has 1 aromatic heterocycles. The van der Waals surface area contributed by atoms with Gasteiger partial charge in [0.2, 0.25) is 0 Å². The van der Waals surface area contributed by atoms with Gasteiger partial charge in [-0.25, -0.2) is 9.07 Å². The molecule has 4 nitrogen and oxygen atoms in total. The van der Waals surface area contributed by atoms with Crippen molar-refractivity contribution in [3.05, 3.63) is 40.4 Å². The van der Waals surface area contributed by atoms with Gasteiger partial charge in [-0.1, -0.05) is 26.0 Å². The van der Waals surface area contributed by atoms with Crippen LogP contribution in [0.3, 0.4) is 0 Å². The Morgan fingerprint density at radius 3 is 2.64 bits per heavy atom. The Bertz CT molecular complexity index is 667. The summed E-state index contributed by atoms with van der Waals surface area (Å²) >= 11 is 3.42. The van der Waals surface area contributed by atoms with Crippen molar-refractivity contribution in [3.8, 4) is 5.69 Å². The largest absolute Gasteiger partial charge is 0.411 e. The molecule has 1 heterocycles. The van der Waals surface area contributed by atoms with Crippen molar-refractivity contribution in [2.75, 3.05) is 0 Å². The number of aromatic nitrogens is 3. The molecule has 0 spiro atoms. The molecule has 2 rings (SSSR count). The van der Waals surface area contributed by atoms with Gasteiger partial charge in [0.15, 0.2) is 8.32 Å². The monoisotopic (exact) mass is 385 g/mol. The van der Waals surface area contributed by atoms with E-state index in [0.29, 0.717) is 12.3 Å². The fourth-order valence-corrected chi connectivity index (χ4v) is 3.03. The molecule has 0 unspecified atom stereocenters. The molecule has 0 saturated carbocycles. The minimum Gasteiger partial charge on any atom is -0.411 e. The van der Waals surface area contributed by atoms with Gasteiger partial charge in [-0.2, -0.15) is 0 Å². The van der Waals surface area contributed by atoms with Crippen molar-refractivity contribution >= 4 is 24.2 Å². The quantitative estimate of drug-likeness (QED) is 0.716. The molecule has 1 aromatic carbocycles. The van der Waals surface area contributed by atoms with Crippen LogP contribution in [0.5, 0.6) is 0 Å². The molecule has 0 aliphatic heterocycles. The number of nitrogens with zero attached hydrogens (tertiary/aromatic N) is 3. The number of hydrogen-bond donors (Lipinski definition) is 0. The molecule has 7 heteroatoms. The van der Waals surface area contributed by atoms with Crippen LogP contribution >= 0.6 is 15.9 Å². The maximum atomic E-state index is 13.5. The summed E-state index contributed by atoms with van der Waals surface area (Å²) in [7, 11) is -1.86. The first-order valence-electron chi connectivity index (χ1n) is 7.11. The van der Waals surface area contributed by atoms with Crippen LogP contribution in [0.4, 0.5) is 4.39 Å². The maximum Gasteiger partial charge on any atom is 0.192 e. The summed E-state index contributed by atoms with van der Waals surface area (Å²) in [5, 5.41) is 8.12. The zero-order valence-electron chi connectivity index (χ0n) is 13.5. The molecule has 22 heavy (non-hydrogen) atoms. The molecule has 120 valence electrons. The van der Waals surface area contributed by atoms with Gasteiger partial charge in [-0.3, -0.25) is 0 Å². The predicted molar refractivity (Wildman–Crippen MR) is 91.0 cm³/mol. The maximum absolute atomic E-state index is 13.5. The summed E-state index contributed by atoms with van der Waals surface area (Å²) in [5.41, 5.74) is 1.42. The molecular formula is C15H21BrFN3OSi. The van der Waals surface area contributed by atoms with Crippen molar-refractivity contribution in [2.24, 2.45) is 0 Å². The molecule has 0 aliphatic carbocycles. The van der Waals surface area contributed by atoms with E-state index in [9.17, 15) is 4.39 Å². The highest BCUT2D eigenvalue weighted by Crippen LogP contribution is 2.37. The highest BCUT2D eigenvalue weighted by Gasteiger charge is 2.37. The van der Waals surface area contributed by atoms with Crippen molar-refractivity contribution in [1.29, 1.82) is 0 Å². The van der Waals surface area contributed by atoms with Gasteiger partial charge in [-0.15, -0.1) is 5.10 Å². The second-order valence-electron chi connectivity index (χ2n) is 6.78. The zero-order chi connectivity index (χ0) is 16.5. The van der Waals surface area contributed by atoms with Gasteiger partial charge in [0, 0.05) is 10.5 Å². The first-order chi connectivity index (χ1) is 10.1. The van der Waals surface area contributed by atoms with E-state index in [1.165, 1.54) is 12.1 Å². The lowest BCUT2D eigenvalue weighted by Crippen LogP contribution is -2.40. The van der Waals surface area contributed by atoms with E-state index in [1.807, 2.05) is 0 Å². The van der Waals surface area contributed by atoms with Gasteiger partial charge in [0.05, 0.1) is 24.2 Å². The van der Waals surface area contributed by atoms with Crippen molar-refractivity contribution in [3.63, 3.8) is 0 Å². The molecular weight excluding hydrogens is 365 g/mol. The van der Waals surface area contributed by atoms with E-state index in [1.54, 1.807) is 16.9 Å². The standard InChI is InChI=1S/C15H21BrFN3OSi/c1-15(2,3)22(4,5)21-10-12-9-18-19-20(12)14-8-11(17)6-7-13(14)16/h6-9H,10H2,1-5H3. The van der Waals surface area contributed by atoms with Crippen molar-refractivity contribution < 1.29 is 8.82 Å². The first-order valence-corrected chi connectivity index (χ1v) is 10.8. The van der Waals surface area contributed by atoms with Gasteiger partial charge < -0.3 is 4.43 Å². The first kappa shape index (κ1) is 17.3. The van der Waals surface area contributed by atoms with Gasteiger partial charge in [0.25, 0.3) is 0 Å². The van der Waals surface area contributed by atoms with Crippen LogP contribution in [0.25, 0.3) is 5.69 Å². The lowest BCUT2D eigenvalue weighted by molar-refractivity contribution is 0.269. The van der Waals surface area contributed by atoms with Crippen LogP contribution in [0.15, 0.2) is 28.9 Å². The van der Waals surface area contributed by atoms with E-state index in [0.717, 1.165) is 10.2 Å². The molecule has 0 radical (unpaired) electrons. The van der Waals surface area contributed by atoms with E-state index in [4.69, 9.17) is 4.43 Å². The molecule has 0 N–H and O–H groups in total. The summed E-state index contributed by atoms with van der Waals surface area (Å²) in [5.74, 6) is -0.315. The van der Waals surface area contributed by atoms with Crippen LogP contribution in [0.2, 0.25) is 18.1 Å². The average Bonchev–Trinajstić information content (AvgIpc) is 2.86. The van der Waals surface area contributed by atoms with E-state index >= 15 is 0 Å². The summed E-state index contributed by atoms with van der Waals surface area (Å²) in [6.45, 7) is 11.4. The molecule has 0 amide bonds. The van der Waals surface area contributed by atoms with Crippen LogP contribution in [-0.2, 0) is 11.0 Å². The SMILES string of the molecule is CC(C)(C)[Si](C)(C)OCc1cnnn1-c1cc(F)ccc1Br. The normalized spacial score (nSPS) is 12.7. The number of hydrogen-bond acceptors (Lipinski definition) is 3. The van der Waals surface area contributed by atoms with Crippen LogP contribution in [0.1, 0.15) is 26.5 Å². The minimum atomic E-state index is -1.86. The molecule has 2 aromatic rings. The molecule has 0 atom stereocenters. The molecule has 0 aliphatic rings. The second-order valence-corrected chi connectivity index (χ2v) is 12.4. The van der Waals surface area contributed by atoms with Gasteiger partial charge in [0.1, 0.15) is 5.82 Å². The van der Waals surface area contributed by atoms with Crippen LogP contribution in [0, 0.1) is 5.82 Å². The summed E-state index contributed by atoms with van der Waals surface area (Å²) in [6, 6.07) is 4.48. The van der Waals surface area contributed by atoms with Gasteiger partial charge >= 0.3 is 0 Å². The average molecular weight is 386 g/mol. The van der Waals surface area contributed by atoms with E-state index < -0.39 is 8.32 Å². The van der Waals surface area contributed by atoms with Crippen LogP contribution < -0.4 is 0 Å². The highest BCUT2D eigenvalue weighted by molar-refractivity contribution is 9.10. The Kier molecular flexibility index (Phi) is 4.89. The summed E-state index contributed by atoms with van der Waals surface area (Å²) in [4.78, 5) is 0. The lowest BCUT2D eigenvalue weighted by atomic mass is 10.2. The van der Waals surface area contributed by atoms with Gasteiger partial charge in [-0.05, 0) is 46.2 Å². The summed E-state index contributed by atoms with van der Waals surface area (Å²) in [6.07, 6.45) is 1.66. The lowest BCUT2D eigenvalue weighted by Gasteiger charge is -2.36. The van der Waals surface area contributed by atoms with E-state index in [-0.39, 0.29) is 10.9 Å². The number of rotatable bonds is 4. The topological polar surface area (TPSA) is 39.9 Å².